The van der Waals surface area contributed by atoms with Gasteiger partial charge in [0, 0.05) is 22.8 Å². The van der Waals surface area contributed by atoms with Crippen molar-refractivity contribution < 1.29 is 4.74 Å². The second-order valence-electron chi connectivity index (χ2n) is 5.93. The third kappa shape index (κ3) is 4.54. The van der Waals surface area contributed by atoms with Crippen LogP contribution in [-0.4, -0.2) is 41.9 Å². The number of rotatable bonds is 6. The zero-order chi connectivity index (χ0) is 17.8. The number of hydrogen-bond donors (Lipinski definition) is 0. The molecule has 0 spiro atoms. The van der Waals surface area contributed by atoms with E-state index < -0.39 is 0 Å². The third-order valence-corrected chi connectivity index (χ3v) is 4.21. The number of aromatic nitrogens is 2. The topological polar surface area (TPSA) is 30.3 Å². The maximum absolute atomic E-state index is 6.00. The molecule has 4 nitrogen and oxygen atoms in total. The highest BCUT2D eigenvalue weighted by molar-refractivity contribution is 6.30. The van der Waals surface area contributed by atoms with E-state index >= 15 is 0 Å². The molecule has 1 heterocycles. The van der Waals surface area contributed by atoms with Crippen LogP contribution in [0.3, 0.4) is 0 Å². The average molecular weight is 376 g/mol. The molecule has 0 radical (unpaired) electrons. The molecule has 0 aliphatic heterocycles. The van der Waals surface area contributed by atoms with E-state index in [1.807, 2.05) is 68.8 Å². The highest BCUT2D eigenvalue weighted by Crippen LogP contribution is 2.31. The van der Waals surface area contributed by atoms with Crippen molar-refractivity contribution in [3.63, 3.8) is 0 Å². The minimum Gasteiger partial charge on any atom is -0.475 e. The van der Waals surface area contributed by atoms with Crippen molar-refractivity contribution in [3.8, 4) is 22.7 Å². The molecular weight excluding hydrogens is 357 g/mol. The van der Waals surface area contributed by atoms with Crippen molar-refractivity contribution in [2.24, 2.45) is 0 Å². The zero-order valence-electron chi connectivity index (χ0n) is 14.1. The summed E-state index contributed by atoms with van der Waals surface area (Å²) in [7, 11) is 4.02. The molecule has 0 aliphatic rings. The number of hydrogen-bond acceptors (Lipinski definition) is 3. The molecule has 0 atom stereocenters. The lowest BCUT2D eigenvalue weighted by Gasteiger charge is -2.10. The quantitative estimate of drug-likeness (QED) is 0.620. The number of benzene rings is 2. The number of likely N-dealkylation sites (N-methyl/N-ethyl adjacent to an activating group) is 1. The van der Waals surface area contributed by atoms with Crippen molar-refractivity contribution in [2.45, 2.75) is 0 Å². The van der Waals surface area contributed by atoms with E-state index in [0.29, 0.717) is 22.5 Å². The van der Waals surface area contributed by atoms with E-state index in [2.05, 4.69) is 10.00 Å². The first-order valence-electron chi connectivity index (χ1n) is 7.92. The molecule has 3 rings (SSSR count). The standard InChI is InChI=1S/C19H19Cl2N3O/c1-23(2)11-12-25-19-18(14-3-5-15(20)6-4-14)13-24(22-19)17-9-7-16(21)8-10-17/h3-10,13H,11-12H2,1-2H3. The molecule has 0 N–H and O–H groups in total. The molecule has 0 unspecified atom stereocenters. The van der Waals surface area contributed by atoms with Gasteiger partial charge in [0.1, 0.15) is 6.61 Å². The average Bonchev–Trinajstić information content (AvgIpc) is 3.00. The van der Waals surface area contributed by atoms with Gasteiger partial charge in [-0.05, 0) is 56.1 Å². The van der Waals surface area contributed by atoms with E-state index in [0.717, 1.165) is 23.4 Å². The normalized spacial score (nSPS) is 11.1. The summed E-state index contributed by atoms with van der Waals surface area (Å²) in [5.41, 5.74) is 2.84. The molecule has 1 aromatic heterocycles. The molecule has 130 valence electrons. The summed E-state index contributed by atoms with van der Waals surface area (Å²) in [6.45, 7) is 1.37. The second-order valence-corrected chi connectivity index (χ2v) is 6.80. The largest absolute Gasteiger partial charge is 0.475 e. The van der Waals surface area contributed by atoms with Gasteiger partial charge in [-0.2, -0.15) is 0 Å². The SMILES string of the molecule is CN(C)CCOc1nn(-c2ccc(Cl)cc2)cc1-c1ccc(Cl)cc1. The molecule has 0 bridgehead atoms. The molecule has 0 fully saturated rings. The predicted octanol–water partition coefficient (Wildman–Crippen LogP) is 4.79. The summed E-state index contributed by atoms with van der Waals surface area (Å²) in [5, 5.41) is 5.99. The summed E-state index contributed by atoms with van der Waals surface area (Å²) < 4.78 is 7.72. The summed E-state index contributed by atoms with van der Waals surface area (Å²) in [5.74, 6) is 0.596. The smallest absolute Gasteiger partial charge is 0.241 e. The molecule has 0 amide bonds. The fraction of sp³-hybridized carbons (Fsp3) is 0.211. The van der Waals surface area contributed by atoms with Gasteiger partial charge < -0.3 is 9.64 Å². The van der Waals surface area contributed by atoms with Gasteiger partial charge in [0.15, 0.2) is 0 Å². The van der Waals surface area contributed by atoms with Crippen LogP contribution in [0.2, 0.25) is 10.0 Å². The molecular formula is C19H19Cl2N3O. The second kappa shape index (κ2) is 7.91. The van der Waals surface area contributed by atoms with Crippen LogP contribution in [0.4, 0.5) is 0 Å². The summed E-state index contributed by atoms with van der Waals surface area (Å²) in [6, 6.07) is 15.2. The molecule has 0 saturated carbocycles. The van der Waals surface area contributed by atoms with Crippen LogP contribution in [0.25, 0.3) is 16.8 Å². The van der Waals surface area contributed by atoms with E-state index in [1.54, 1.807) is 4.68 Å². The van der Waals surface area contributed by atoms with E-state index in [9.17, 15) is 0 Å². The maximum atomic E-state index is 6.00. The van der Waals surface area contributed by atoms with Gasteiger partial charge in [-0.3, -0.25) is 0 Å². The Bertz CT molecular complexity index is 827. The lowest BCUT2D eigenvalue weighted by Crippen LogP contribution is -2.19. The van der Waals surface area contributed by atoms with E-state index in [4.69, 9.17) is 27.9 Å². The van der Waals surface area contributed by atoms with Crippen LogP contribution in [0.1, 0.15) is 0 Å². The highest BCUT2D eigenvalue weighted by atomic mass is 35.5. The lowest BCUT2D eigenvalue weighted by atomic mass is 10.1. The highest BCUT2D eigenvalue weighted by Gasteiger charge is 2.14. The predicted molar refractivity (Wildman–Crippen MR) is 103 cm³/mol. The fourth-order valence-corrected chi connectivity index (χ4v) is 2.60. The Morgan fingerprint density at radius 3 is 2.16 bits per heavy atom. The number of halogens is 2. The molecule has 3 aromatic rings. The van der Waals surface area contributed by atoms with Gasteiger partial charge in [0.2, 0.25) is 5.88 Å². The van der Waals surface area contributed by atoms with Gasteiger partial charge in [0.25, 0.3) is 0 Å². The Labute approximate surface area is 157 Å². The fourth-order valence-electron chi connectivity index (χ4n) is 2.34. The zero-order valence-corrected chi connectivity index (χ0v) is 15.6. The molecule has 6 heteroatoms. The Balaban J connectivity index is 1.95. The lowest BCUT2D eigenvalue weighted by molar-refractivity contribution is 0.253. The third-order valence-electron chi connectivity index (χ3n) is 3.70. The van der Waals surface area contributed by atoms with Crippen molar-refractivity contribution in [1.82, 2.24) is 14.7 Å². The molecule has 0 saturated heterocycles. The number of ether oxygens (including phenoxy) is 1. The first-order chi connectivity index (χ1) is 12.0. The van der Waals surface area contributed by atoms with Crippen LogP contribution < -0.4 is 4.74 Å². The Hall–Kier alpha value is -2.01. The monoisotopic (exact) mass is 375 g/mol. The van der Waals surface area contributed by atoms with Gasteiger partial charge in [0.05, 0.1) is 11.3 Å². The summed E-state index contributed by atoms with van der Waals surface area (Å²) in [4.78, 5) is 2.07. The molecule has 25 heavy (non-hydrogen) atoms. The van der Waals surface area contributed by atoms with E-state index in [-0.39, 0.29) is 0 Å². The van der Waals surface area contributed by atoms with Crippen LogP contribution in [0, 0.1) is 0 Å². The van der Waals surface area contributed by atoms with E-state index in [1.165, 1.54) is 0 Å². The minimum absolute atomic E-state index is 0.561. The minimum atomic E-state index is 0.561. The Morgan fingerprint density at radius 1 is 0.960 bits per heavy atom. The summed E-state index contributed by atoms with van der Waals surface area (Å²) in [6.07, 6.45) is 1.96. The van der Waals surface area contributed by atoms with Crippen LogP contribution >= 0.6 is 23.2 Å². The molecule has 2 aromatic carbocycles. The number of nitrogens with zero attached hydrogens (tertiary/aromatic N) is 3. The Morgan fingerprint density at radius 2 is 1.56 bits per heavy atom. The summed E-state index contributed by atoms with van der Waals surface area (Å²) >= 11 is 12.0. The van der Waals surface area contributed by atoms with Crippen molar-refractivity contribution >= 4 is 23.2 Å². The first kappa shape index (κ1) is 17.8. The van der Waals surface area contributed by atoms with Crippen LogP contribution in [-0.2, 0) is 0 Å². The van der Waals surface area contributed by atoms with Gasteiger partial charge >= 0.3 is 0 Å². The van der Waals surface area contributed by atoms with Crippen molar-refractivity contribution in [3.05, 3.63) is 64.8 Å². The van der Waals surface area contributed by atoms with Crippen LogP contribution in [0.5, 0.6) is 5.88 Å². The van der Waals surface area contributed by atoms with Crippen molar-refractivity contribution in [1.29, 1.82) is 0 Å². The molecule has 0 aliphatic carbocycles. The van der Waals surface area contributed by atoms with Gasteiger partial charge in [-0.15, -0.1) is 5.10 Å². The van der Waals surface area contributed by atoms with Gasteiger partial charge in [-0.25, -0.2) is 4.68 Å². The van der Waals surface area contributed by atoms with Crippen molar-refractivity contribution in [2.75, 3.05) is 27.2 Å². The maximum Gasteiger partial charge on any atom is 0.241 e. The first-order valence-corrected chi connectivity index (χ1v) is 8.67. The van der Waals surface area contributed by atoms with Gasteiger partial charge in [-0.1, -0.05) is 35.3 Å². The Kier molecular flexibility index (Phi) is 5.63. The van der Waals surface area contributed by atoms with Crippen LogP contribution in [0.15, 0.2) is 54.7 Å².